The van der Waals surface area contributed by atoms with Gasteiger partial charge in [-0.3, -0.25) is 9.69 Å². The summed E-state index contributed by atoms with van der Waals surface area (Å²) < 4.78 is 0. The minimum absolute atomic E-state index is 0.000899. The summed E-state index contributed by atoms with van der Waals surface area (Å²) in [7, 11) is 0. The van der Waals surface area contributed by atoms with Crippen LogP contribution in [0.5, 0.6) is 0 Å². The first-order valence-corrected chi connectivity index (χ1v) is 9.46. The average Bonchev–Trinajstić information content (AvgIpc) is 3.23. The maximum Gasteiger partial charge on any atom is 0.326 e. The molecule has 23 heavy (non-hydrogen) atoms. The molecule has 0 aromatic carbocycles. The average molecular weight is 333 g/mol. The fraction of sp³-hybridized carbons (Fsp3) is 0.647. The van der Waals surface area contributed by atoms with E-state index < -0.39 is 5.54 Å². The van der Waals surface area contributed by atoms with Gasteiger partial charge < -0.3 is 5.32 Å². The number of hydrogen-bond donors (Lipinski definition) is 1. The van der Waals surface area contributed by atoms with E-state index in [4.69, 9.17) is 0 Å². The van der Waals surface area contributed by atoms with Crippen molar-refractivity contribution in [2.24, 2.45) is 0 Å². The third kappa shape index (κ3) is 2.90. The van der Waals surface area contributed by atoms with Crippen LogP contribution >= 0.6 is 11.3 Å². The molecule has 4 rings (SSSR count). The Morgan fingerprint density at radius 2 is 2.04 bits per heavy atom. The molecule has 1 aromatic rings. The molecular formula is C17H23N3O2S. The van der Waals surface area contributed by atoms with Crippen LogP contribution < -0.4 is 5.32 Å². The molecule has 3 amide bonds. The fourth-order valence-electron chi connectivity index (χ4n) is 3.82. The quantitative estimate of drug-likeness (QED) is 0.843. The van der Waals surface area contributed by atoms with E-state index in [1.54, 1.807) is 11.3 Å². The molecule has 2 aliphatic carbocycles. The van der Waals surface area contributed by atoms with Crippen LogP contribution in [0.1, 0.15) is 49.8 Å². The summed E-state index contributed by atoms with van der Waals surface area (Å²) in [6.45, 7) is 1.25. The number of urea groups is 1. The van der Waals surface area contributed by atoms with Gasteiger partial charge in [0, 0.05) is 17.5 Å². The van der Waals surface area contributed by atoms with Crippen LogP contribution in [0.15, 0.2) is 17.5 Å². The Balaban J connectivity index is 1.48. The van der Waals surface area contributed by atoms with E-state index in [0.29, 0.717) is 12.7 Å². The largest absolute Gasteiger partial charge is 0.326 e. The number of amides is 3. The predicted octanol–water partition coefficient (Wildman–Crippen LogP) is 2.92. The first kappa shape index (κ1) is 15.1. The molecule has 5 nitrogen and oxygen atoms in total. The standard InChI is InChI=1S/C17H23N3O2S/c21-15-17(8-2-1-3-9-17)18-16(22)20(15)12-19(13-6-7-13)11-14-5-4-10-23-14/h4-5,10,13H,1-3,6-9,11-12H2,(H,18,22). The first-order valence-electron chi connectivity index (χ1n) is 8.58. The van der Waals surface area contributed by atoms with Gasteiger partial charge in [-0.15, -0.1) is 11.3 Å². The van der Waals surface area contributed by atoms with Crippen molar-refractivity contribution in [2.75, 3.05) is 6.67 Å². The van der Waals surface area contributed by atoms with Gasteiger partial charge in [0.15, 0.2) is 0 Å². The second-order valence-electron chi connectivity index (χ2n) is 7.00. The fourth-order valence-corrected chi connectivity index (χ4v) is 4.55. The van der Waals surface area contributed by atoms with E-state index in [0.717, 1.165) is 38.6 Å². The zero-order valence-electron chi connectivity index (χ0n) is 13.3. The minimum atomic E-state index is -0.604. The molecule has 1 aliphatic heterocycles. The number of nitrogens with one attached hydrogen (secondary N) is 1. The second-order valence-corrected chi connectivity index (χ2v) is 8.04. The van der Waals surface area contributed by atoms with E-state index in [2.05, 4.69) is 27.7 Å². The Labute approximate surface area is 140 Å². The number of carbonyl (C=O) groups excluding carboxylic acids is 2. The van der Waals surface area contributed by atoms with Crippen LogP contribution in [0.2, 0.25) is 0 Å². The van der Waals surface area contributed by atoms with E-state index in [1.165, 1.54) is 22.6 Å². The zero-order chi connectivity index (χ0) is 15.9. The molecule has 0 radical (unpaired) electrons. The van der Waals surface area contributed by atoms with Crippen LogP contribution in [0.3, 0.4) is 0 Å². The second kappa shape index (κ2) is 5.91. The predicted molar refractivity (Wildman–Crippen MR) is 88.9 cm³/mol. The minimum Gasteiger partial charge on any atom is -0.323 e. The van der Waals surface area contributed by atoms with Crippen molar-refractivity contribution >= 4 is 23.3 Å². The molecule has 1 saturated heterocycles. The first-order chi connectivity index (χ1) is 11.2. The highest BCUT2D eigenvalue weighted by Gasteiger charge is 2.52. The van der Waals surface area contributed by atoms with Crippen molar-refractivity contribution in [1.29, 1.82) is 0 Å². The van der Waals surface area contributed by atoms with Crippen molar-refractivity contribution in [3.8, 4) is 0 Å². The Bertz CT molecular complexity index is 591. The highest BCUT2D eigenvalue weighted by Crippen LogP contribution is 2.35. The van der Waals surface area contributed by atoms with Gasteiger partial charge in [0.05, 0.1) is 6.67 Å². The molecule has 124 valence electrons. The van der Waals surface area contributed by atoms with E-state index in [1.807, 2.05) is 0 Å². The molecule has 3 aliphatic rings. The molecule has 0 bridgehead atoms. The summed E-state index contributed by atoms with van der Waals surface area (Å²) in [6.07, 6.45) is 7.14. The van der Waals surface area contributed by atoms with Crippen molar-refractivity contribution < 1.29 is 9.59 Å². The van der Waals surface area contributed by atoms with Gasteiger partial charge in [-0.1, -0.05) is 25.3 Å². The van der Waals surface area contributed by atoms with Crippen LogP contribution in [-0.2, 0) is 11.3 Å². The zero-order valence-corrected chi connectivity index (χ0v) is 14.1. The maximum atomic E-state index is 12.9. The lowest BCUT2D eigenvalue weighted by Crippen LogP contribution is -2.49. The number of nitrogens with zero attached hydrogens (tertiary/aromatic N) is 2. The maximum absolute atomic E-state index is 12.9. The summed E-state index contributed by atoms with van der Waals surface area (Å²) in [4.78, 5) is 30.3. The van der Waals surface area contributed by atoms with Gasteiger partial charge in [-0.05, 0) is 37.1 Å². The van der Waals surface area contributed by atoms with Gasteiger partial charge >= 0.3 is 6.03 Å². The lowest BCUT2D eigenvalue weighted by atomic mass is 9.82. The third-order valence-electron chi connectivity index (χ3n) is 5.28. The van der Waals surface area contributed by atoms with Crippen molar-refractivity contribution in [3.05, 3.63) is 22.4 Å². The van der Waals surface area contributed by atoms with Crippen molar-refractivity contribution in [3.63, 3.8) is 0 Å². The summed E-state index contributed by atoms with van der Waals surface area (Å²) in [5.41, 5.74) is -0.604. The van der Waals surface area contributed by atoms with Gasteiger partial charge in [-0.25, -0.2) is 9.69 Å². The molecule has 0 unspecified atom stereocenters. The van der Waals surface area contributed by atoms with Gasteiger partial charge in [0.2, 0.25) is 0 Å². The molecule has 2 saturated carbocycles. The van der Waals surface area contributed by atoms with E-state index >= 15 is 0 Å². The highest BCUT2D eigenvalue weighted by molar-refractivity contribution is 7.09. The molecule has 1 aromatic heterocycles. The molecule has 3 fully saturated rings. The molecular weight excluding hydrogens is 310 g/mol. The number of carbonyl (C=O) groups is 2. The summed E-state index contributed by atoms with van der Waals surface area (Å²) in [6, 6.07) is 4.49. The number of thiophene rings is 1. The highest BCUT2D eigenvalue weighted by atomic mass is 32.1. The van der Waals surface area contributed by atoms with Crippen LogP contribution in [0.4, 0.5) is 4.79 Å². The lowest BCUT2D eigenvalue weighted by molar-refractivity contribution is -0.134. The van der Waals surface area contributed by atoms with Crippen LogP contribution in [-0.4, -0.2) is 40.0 Å². The van der Waals surface area contributed by atoms with Crippen LogP contribution in [0, 0.1) is 0 Å². The number of imide groups is 1. The normalized spacial score (nSPS) is 23.8. The van der Waals surface area contributed by atoms with Crippen molar-refractivity contribution in [2.45, 2.75) is 63.1 Å². The van der Waals surface area contributed by atoms with E-state index in [9.17, 15) is 9.59 Å². The number of hydrogen-bond acceptors (Lipinski definition) is 4. The Hall–Kier alpha value is -1.40. The summed E-state index contributed by atoms with van der Waals surface area (Å²) in [5, 5.41) is 5.08. The van der Waals surface area contributed by atoms with Gasteiger partial charge in [0.1, 0.15) is 5.54 Å². The van der Waals surface area contributed by atoms with Crippen LogP contribution in [0.25, 0.3) is 0 Å². The van der Waals surface area contributed by atoms with Gasteiger partial charge in [0.25, 0.3) is 5.91 Å². The molecule has 0 atom stereocenters. The third-order valence-corrected chi connectivity index (χ3v) is 6.14. The molecule has 6 heteroatoms. The SMILES string of the molecule is O=C1NC2(CCCCC2)C(=O)N1CN(Cc1cccs1)C1CC1. The monoisotopic (exact) mass is 333 g/mol. The number of rotatable bonds is 5. The smallest absolute Gasteiger partial charge is 0.323 e. The Morgan fingerprint density at radius 1 is 1.26 bits per heavy atom. The van der Waals surface area contributed by atoms with Gasteiger partial charge in [-0.2, -0.15) is 0 Å². The topological polar surface area (TPSA) is 52.7 Å². The summed E-state index contributed by atoms with van der Waals surface area (Å²) >= 11 is 1.73. The van der Waals surface area contributed by atoms with Crippen molar-refractivity contribution in [1.82, 2.24) is 15.1 Å². The molecule has 2 heterocycles. The molecule has 1 spiro atoms. The molecule has 1 N–H and O–H groups in total. The van der Waals surface area contributed by atoms with E-state index in [-0.39, 0.29) is 11.9 Å². The lowest BCUT2D eigenvalue weighted by Gasteiger charge is -2.31. The summed E-state index contributed by atoms with van der Waals surface area (Å²) in [5.74, 6) is -0.000899. The Kier molecular flexibility index (Phi) is 3.89. The Morgan fingerprint density at radius 3 is 2.70 bits per heavy atom.